The Kier molecular flexibility index (Phi) is 12.8. The van der Waals surface area contributed by atoms with Gasteiger partial charge in [-0.25, -0.2) is 18.9 Å². The average Bonchev–Trinajstić information content (AvgIpc) is 3.26. The third-order valence-corrected chi connectivity index (χ3v) is 11.5. The second-order valence-corrected chi connectivity index (χ2v) is 21.7. The molecule has 2 aromatic rings. The number of pyridine rings is 1. The Balaban J connectivity index is 1.60. The van der Waals surface area contributed by atoms with Gasteiger partial charge in [-0.05, 0) is 58.4 Å². The van der Waals surface area contributed by atoms with Crippen molar-refractivity contribution in [2.24, 2.45) is 17.8 Å². The first-order valence-corrected chi connectivity index (χ1v) is 21.5. The van der Waals surface area contributed by atoms with Crippen molar-refractivity contribution >= 4 is 25.9 Å². The number of halogens is 2. The fourth-order valence-corrected chi connectivity index (χ4v) is 8.18. The first-order chi connectivity index (χ1) is 22.5. The summed E-state index contributed by atoms with van der Waals surface area (Å²) in [5.41, 5.74) is 0.248. The lowest BCUT2D eigenvalue weighted by Crippen LogP contribution is -2.54. The third-order valence-electron chi connectivity index (χ3n) is 9.75. The number of hydrogen-bond acceptors (Lipinski definition) is 6. The fourth-order valence-electron chi connectivity index (χ4n) is 7.43. The van der Waals surface area contributed by atoms with Crippen LogP contribution in [0.4, 0.5) is 19.4 Å². The summed E-state index contributed by atoms with van der Waals surface area (Å²) in [6, 6.07) is 1.09. The number of hydrogen-bond donors (Lipinski definition) is 2. The van der Waals surface area contributed by atoms with Crippen molar-refractivity contribution in [3.05, 3.63) is 29.2 Å². The van der Waals surface area contributed by atoms with Gasteiger partial charge < -0.3 is 20.1 Å². The van der Waals surface area contributed by atoms with Gasteiger partial charge in [0.15, 0.2) is 0 Å². The number of rotatable bonds is 12. The van der Waals surface area contributed by atoms with Gasteiger partial charge in [0.1, 0.15) is 30.0 Å². The van der Waals surface area contributed by atoms with Crippen molar-refractivity contribution in [2.75, 3.05) is 11.9 Å². The van der Waals surface area contributed by atoms with E-state index >= 15 is 8.78 Å². The minimum atomic E-state index is -1.27. The molecule has 4 rings (SSSR count). The Labute approximate surface area is 286 Å². The largest absolute Gasteiger partial charge is 0.444 e. The van der Waals surface area contributed by atoms with Crippen molar-refractivity contribution < 1.29 is 27.8 Å². The highest BCUT2D eigenvalue weighted by Crippen LogP contribution is 2.42. The zero-order valence-corrected chi connectivity index (χ0v) is 31.3. The zero-order valence-electron chi connectivity index (χ0n) is 30.3. The topological polar surface area (TPSA) is 107 Å². The number of aryl methyl sites for hydroxylation is 1. The third kappa shape index (κ3) is 10.3. The monoisotopic (exact) mass is 689 g/mol. The van der Waals surface area contributed by atoms with Crippen LogP contribution in [0.5, 0.6) is 0 Å². The molecule has 0 unspecified atom stereocenters. The van der Waals surface area contributed by atoms with Crippen LogP contribution in [0.1, 0.15) is 96.4 Å². The molecule has 2 heterocycles. The van der Waals surface area contributed by atoms with Gasteiger partial charge in [0.05, 0.1) is 11.3 Å². The molecule has 0 aromatic carbocycles. The second-order valence-electron chi connectivity index (χ2n) is 16.0. The molecule has 1 atom stereocenters. The Morgan fingerprint density at radius 2 is 1.56 bits per heavy atom. The Morgan fingerprint density at radius 1 is 0.979 bits per heavy atom. The smallest absolute Gasteiger partial charge is 0.408 e. The maximum absolute atomic E-state index is 15.8. The molecule has 2 saturated carbocycles. The van der Waals surface area contributed by atoms with E-state index in [1.165, 1.54) is 0 Å². The van der Waals surface area contributed by atoms with Gasteiger partial charge in [0.2, 0.25) is 11.9 Å². The van der Waals surface area contributed by atoms with Crippen molar-refractivity contribution in [1.29, 1.82) is 0 Å². The van der Waals surface area contributed by atoms with Gasteiger partial charge in [-0.3, -0.25) is 4.79 Å². The maximum Gasteiger partial charge on any atom is 0.408 e. The highest BCUT2D eigenvalue weighted by molar-refractivity contribution is 6.76. The van der Waals surface area contributed by atoms with E-state index in [0.29, 0.717) is 23.6 Å². The lowest BCUT2D eigenvalue weighted by atomic mass is 9.66. The molecule has 0 spiro atoms. The summed E-state index contributed by atoms with van der Waals surface area (Å²) in [6.45, 7) is 16.3. The van der Waals surface area contributed by atoms with Crippen LogP contribution in [0.25, 0.3) is 11.1 Å². The number of nitrogens with one attached hydrogen (secondary N) is 2. The summed E-state index contributed by atoms with van der Waals surface area (Å²) in [5.74, 6) is -2.35. The maximum atomic E-state index is 15.8. The number of anilines is 1. The molecule has 0 saturated heterocycles. The van der Waals surface area contributed by atoms with Gasteiger partial charge in [0, 0.05) is 32.0 Å². The lowest BCUT2D eigenvalue weighted by molar-refractivity contribution is -0.121. The first-order valence-electron chi connectivity index (χ1n) is 17.8. The molecule has 0 aliphatic heterocycles. The number of alkyl carbamates (subject to hydrolysis) is 1. The van der Waals surface area contributed by atoms with E-state index in [1.807, 2.05) is 0 Å². The molecule has 2 aromatic heterocycles. The molecule has 2 fully saturated rings. The zero-order chi connectivity index (χ0) is 35.2. The Bertz CT molecular complexity index is 1370. The van der Waals surface area contributed by atoms with Crippen molar-refractivity contribution in [2.45, 2.75) is 143 Å². The normalized spacial score (nSPS) is 17.4. The number of carbonyl (C=O) groups excluding carboxylic acids is 2. The SMILES string of the molecule is Cc1nn(COCC[Si](C)(C)C)c(C)c1-c1c(F)cc(NC(=O)[C@@H](NC(=O)OC(C)(C)C)C(C2CCCCC2)C2CCCCC2)nc1F. The summed E-state index contributed by atoms with van der Waals surface area (Å²) < 4.78 is 44.6. The lowest BCUT2D eigenvalue weighted by Gasteiger charge is -2.42. The van der Waals surface area contributed by atoms with Gasteiger partial charge >= 0.3 is 6.09 Å². The number of aromatic nitrogens is 3. The Hall–Kier alpha value is -2.86. The van der Waals surface area contributed by atoms with Gasteiger partial charge in [-0.2, -0.15) is 9.49 Å². The minimum absolute atomic E-state index is 0.129. The molecular weight excluding hydrogens is 633 g/mol. The van der Waals surface area contributed by atoms with Gasteiger partial charge in [-0.15, -0.1) is 0 Å². The fraction of sp³-hybridized carbons (Fsp3) is 0.722. The second kappa shape index (κ2) is 16.2. The summed E-state index contributed by atoms with van der Waals surface area (Å²) >= 11 is 0. The summed E-state index contributed by atoms with van der Waals surface area (Å²) in [6.07, 6.45) is 9.85. The summed E-state index contributed by atoms with van der Waals surface area (Å²) in [5, 5.41) is 10.0. The van der Waals surface area contributed by atoms with Crippen molar-refractivity contribution in [3.63, 3.8) is 0 Å². The summed E-state index contributed by atoms with van der Waals surface area (Å²) in [4.78, 5) is 31.3. The average molecular weight is 690 g/mol. The van der Waals surface area contributed by atoms with Crippen molar-refractivity contribution in [1.82, 2.24) is 20.1 Å². The van der Waals surface area contributed by atoms with Crippen LogP contribution in [-0.4, -0.2) is 53.1 Å². The minimum Gasteiger partial charge on any atom is -0.444 e. The van der Waals surface area contributed by atoms with Crippen LogP contribution in [0.3, 0.4) is 0 Å². The molecule has 2 N–H and O–H groups in total. The standard InChI is InChI=1S/C36H57F2N5O4Si/c1-23-29(24(2)43(42-23)22-46-19-20-48(6,7)8)31-27(37)21-28(39-33(31)38)40-34(44)32(41-35(45)47-36(3,4)5)30(25-15-11-9-12-16-25)26-17-13-10-14-18-26/h21,25-26,30,32H,9-20,22H2,1-8H3,(H,41,45)(H,39,40,44)/t32-/m0/s1. The molecule has 2 aliphatic rings. The van der Waals surface area contributed by atoms with E-state index in [1.54, 1.807) is 39.3 Å². The molecule has 9 nitrogen and oxygen atoms in total. The van der Waals surface area contributed by atoms with Crippen LogP contribution >= 0.6 is 0 Å². The molecule has 0 radical (unpaired) electrons. The molecule has 48 heavy (non-hydrogen) atoms. The molecule has 0 bridgehead atoms. The quantitative estimate of drug-likeness (QED) is 0.131. The van der Waals surface area contributed by atoms with E-state index in [0.717, 1.165) is 76.3 Å². The van der Waals surface area contributed by atoms with Crippen LogP contribution in [0.2, 0.25) is 25.7 Å². The van der Waals surface area contributed by atoms with E-state index in [4.69, 9.17) is 9.47 Å². The predicted molar refractivity (Wildman–Crippen MR) is 187 cm³/mol. The summed E-state index contributed by atoms with van der Waals surface area (Å²) in [7, 11) is -1.27. The Morgan fingerprint density at radius 3 is 2.08 bits per heavy atom. The highest BCUT2D eigenvalue weighted by atomic mass is 28.3. The van der Waals surface area contributed by atoms with Gasteiger partial charge in [-0.1, -0.05) is 83.8 Å². The number of amides is 2. The molecule has 2 aliphatic carbocycles. The van der Waals surface area contributed by atoms with Crippen LogP contribution in [0, 0.1) is 43.4 Å². The highest BCUT2D eigenvalue weighted by Gasteiger charge is 2.42. The van der Waals surface area contributed by atoms with Gasteiger partial charge in [0.25, 0.3) is 0 Å². The molecule has 2 amide bonds. The predicted octanol–water partition coefficient (Wildman–Crippen LogP) is 8.76. The van der Waals surface area contributed by atoms with E-state index in [-0.39, 0.29) is 35.9 Å². The molecular formula is C36H57F2N5O4Si. The van der Waals surface area contributed by atoms with E-state index in [9.17, 15) is 9.59 Å². The van der Waals surface area contributed by atoms with Crippen LogP contribution in [-0.2, 0) is 21.0 Å². The number of nitrogens with zero attached hydrogens (tertiary/aromatic N) is 3. The van der Waals surface area contributed by atoms with E-state index in [2.05, 4.69) is 40.4 Å². The van der Waals surface area contributed by atoms with Crippen LogP contribution < -0.4 is 10.6 Å². The number of ether oxygens (including phenoxy) is 2. The molecule has 12 heteroatoms. The first kappa shape index (κ1) is 37.9. The van der Waals surface area contributed by atoms with Crippen molar-refractivity contribution in [3.8, 4) is 11.1 Å². The molecule has 268 valence electrons. The van der Waals surface area contributed by atoms with E-state index < -0.39 is 43.5 Å². The van der Waals surface area contributed by atoms with Crippen LogP contribution in [0.15, 0.2) is 6.07 Å². The number of carbonyl (C=O) groups is 2.